The molecule has 0 aliphatic rings. The quantitative estimate of drug-likeness (QED) is 0.774. The van der Waals surface area contributed by atoms with Crippen molar-refractivity contribution in [3.63, 3.8) is 0 Å². The van der Waals surface area contributed by atoms with Gasteiger partial charge in [0.2, 0.25) is 5.95 Å². The summed E-state index contributed by atoms with van der Waals surface area (Å²) in [5.74, 6) is 0.461. The maximum absolute atomic E-state index is 6.18. The number of halogens is 1. The van der Waals surface area contributed by atoms with E-state index in [2.05, 4.69) is 9.97 Å². The van der Waals surface area contributed by atoms with Crippen molar-refractivity contribution in [2.75, 3.05) is 5.73 Å². The maximum atomic E-state index is 6.18. The van der Waals surface area contributed by atoms with Gasteiger partial charge in [0.15, 0.2) is 0 Å². The Balaban J connectivity index is 2.18. The van der Waals surface area contributed by atoms with E-state index in [4.69, 9.17) is 17.3 Å². The van der Waals surface area contributed by atoms with Crippen molar-refractivity contribution >= 4 is 39.9 Å². The first-order chi connectivity index (χ1) is 8.25. The molecule has 3 aromatic rings. The van der Waals surface area contributed by atoms with Gasteiger partial charge in [-0.2, -0.15) is 0 Å². The molecule has 0 radical (unpaired) electrons. The van der Waals surface area contributed by atoms with E-state index in [0.29, 0.717) is 17.5 Å². The first-order valence-electron chi connectivity index (χ1n) is 5.04. The van der Waals surface area contributed by atoms with Crippen LogP contribution in [0.5, 0.6) is 0 Å². The Bertz CT molecular complexity index is 659. The van der Waals surface area contributed by atoms with Crippen LogP contribution in [0.1, 0.15) is 5.01 Å². The predicted octanol–water partition coefficient (Wildman–Crippen LogP) is 2.78. The summed E-state index contributed by atoms with van der Waals surface area (Å²) in [7, 11) is 0. The molecular formula is C11H9ClN4S. The summed E-state index contributed by atoms with van der Waals surface area (Å²) in [6, 6.07) is 5.60. The molecule has 0 saturated carbocycles. The number of fused-ring (bicyclic) bond motifs is 1. The summed E-state index contributed by atoms with van der Waals surface area (Å²) in [6.07, 6.45) is 1.77. The van der Waals surface area contributed by atoms with E-state index >= 15 is 0 Å². The second kappa shape index (κ2) is 4.01. The van der Waals surface area contributed by atoms with E-state index in [1.807, 2.05) is 28.1 Å². The van der Waals surface area contributed by atoms with Gasteiger partial charge in [-0.1, -0.05) is 17.7 Å². The summed E-state index contributed by atoms with van der Waals surface area (Å²) in [4.78, 5) is 8.53. The number of hydrogen-bond donors (Lipinski definition) is 1. The number of hydrogen-bond acceptors (Lipinski definition) is 4. The van der Waals surface area contributed by atoms with Gasteiger partial charge in [0.25, 0.3) is 0 Å². The van der Waals surface area contributed by atoms with E-state index in [1.165, 1.54) is 0 Å². The molecule has 1 aromatic carbocycles. The highest BCUT2D eigenvalue weighted by atomic mass is 35.5. The van der Waals surface area contributed by atoms with Crippen LogP contribution in [-0.4, -0.2) is 14.5 Å². The lowest BCUT2D eigenvalue weighted by molar-refractivity contribution is 0.830. The minimum atomic E-state index is 0.461. The molecule has 86 valence electrons. The van der Waals surface area contributed by atoms with Crippen molar-refractivity contribution in [1.29, 1.82) is 0 Å². The number of thiazole rings is 1. The van der Waals surface area contributed by atoms with E-state index in [0.717, 1.165) is 16.0 Å². The van der Waals surface area contributed by atoms with Crippen LogP contribution in [0.15, 0.2) is 29.8 Å². The largest absolute Gasteiger partial charge is 0.369 e. The van der Waals surface area contributed by atoms with Crippen LogP contribution in [-0.2, 0) is 6.54 Å². The normalized spacial score (nSPS) is 11.1. The van der Waals surface area contributed by atoms with Crippen LogP contribution in [0.25, 0.3) is 11.0 Å². The Morgan fingerprint density at radius 2 is 2.29 bits per heavy atom. The zero-order chi connectivity index (χ0) is 11.8. The molecule has 0 aliphatic heterocycles. The molecule has 4 nitrogen and oxygen atoms in total. The molecule has 0 saturated heterocycles. The number of rotatable bonds is 2. The lowest BCUT2D eigenvalue weighted by Crippen LogP contribution is -2.04. The molecule has 0 aliphatic carbocycles. The molecule has 2 aromatic heterocycles. The molecule has 0 bridgehead atoms. The first kappa shape index (κ1) is 10.6. The van der Waals surface area contributed by atoms with Crippen molar-refractivity contribution in [2.24, 2.45) is 0 Å². The number of imidazole rings is 1. The second-order valence-electron chi connectivity index (χ2n) is 3.59. The van der Waals surface area contributed by atoms with Crippen LogP contribution in [0.3, 0.4) is 0 Å². The molecule has 3 rings (SSSR count). The number of anilines is 1. The van der Waals surface area contributed by atoms with Crippen LogP contribution < -0.4 is 5.73 Å². The van der Waals surface area contributed by atoms with Crippen molar-refractivity contribution in [3.05, 3.63) is 39.8 Å². The average molecular weight is 265 g/mol. The third-order valence-electron chi connectivity index (χ3n) is 2.52. The van der Waals surface area contributed by atoms with E-state index in [-0.39, 0.29) is 0 Å². The van der Waals surface area contributed by atoms with Crippen LogP contribution in [0.2, 0.25) is 5.02 Å². The van der Waals surface area contributed by atoms with Crippen LogP contribution in [0, 0.1) is 0 Å². The smallest absolute Gasteiger partial charge is 0.201 e. The molecule has 0 amide bonds. The van der Waals surface area contributed by atoms with Gasteiger partial charge in [0.05, 0.1) is 22.6 Å². The van der Waals surface area contributed by atoms with Gasteiger partial charge in [0, 0.05) is 11.6 Å². The topological polar surface area (TPSA) is 56.7 Å². The first-order valence-corrected chi connectivity index (χ1v) is 6.30. The summed E-state index contributed by atoms with van der Waals surface area (Å²) < 4.78 is 1.89. The molecule has 0 spiro atoms. The van der Waals surface area contributed by atoms with Gasteiger partial charge in [-0.25, -0.2) is 9.97 Å². The number of benzene rings is 1. The summed E-state index contributed by atoms with van der Waals surface area (Å²) in [6.45, 7) is 0.601. The minimum Gasteiger partial charge on any atom is -0.369 e. The Morgan fingerprint density at radius 3 is 3.06 bits per heavy atom. The number of para-hydroxylation sites is 1. The zero-order valence-corrected chi connectivity index (χ0v) is 10.4. The maximum Gasteiger partial charge on any atom is 0.201 e. The Kier molecular flexibility index (Phi) is 2.49. The zero-order valence-electron chi connectivity index (χ0n) is 8.80. The fraction of sp³-hybridized carbons (Fsp3) is 0.0909. The van der Waals surface area contributed by atoms with Crippen molar-refractivity contribution in [1.82, 2.24) is 14.5 Å². The van der Waals surface area contributed by atoms with Crippen molar-refractivity contribution < 1.29 is 0 Å². The molecule has 2 heterocycles. The molecule has 0 fully saturated rings. The fourth-order valence-corrected chi connectivity index (χ4v) is 2.66. The molecule has 0 atom stereocenters. The molecule has 17 heavy (non-hydrogen) atoms. The van der Waals surface area contributed by atoms with Gasteiger partial charge >= 0.3 is 0 Å². The van der Waals surface area contributed by atoms with E-state index in [1.54, 1.807) is 17.5 Å². The van der Waals surface area contributed by atoms with Crippen LogP contribution in [0.4, 0.5) is 5.95 Å². The third kappa shape index (κ3) is 1.77. The lowest BCUT2D eigenvalue weighted by atomic mass is 10.3. The third-order valence-corrected chi connectivity index (χ3v) is 3.59. The SMILES string of the molecule is Nc1nc2cccc(Cl)c2n1Cc1nccs1. The average Bonchev–Trinajstić information content (AvgIpc) is 2.89. The molecule has 0 unspecified atom stereocenters. The number of aromatic nitrogens is 3. The number of nitrogen functional groups attached to an aromatic ring is 1. The minimum absolute atomic E-state index is 0.461. The highest BCUT2D eigenvalue weighted by Crippen LogP contribution is 2.26. The monoisotopic (exact) mass is 264 g/mol. The highest BCUT2D eigenvalue weighted by molar-refractivity contribution is 7.09. The second-order valence-corrected chi connectivity index (χ2v) is 4.98. The summed E-state index contributed by atoms with van der Waals surface area (Å²) in [5.41, 5.74) is 7.58. The van der Waals surface area contributed by atoms with Gasteiger partial charge in [-0.05, 0) is 12.1 Å². The van der Waals surface area contributed by atoms with E-state index < -0.39 is 0 Å². The van der Waals surface area contributed by atoms with Crippen LogP contribution >= 0.6 is 22.9 Å². The number of nitrogens with zero attached hydrogens (tertiary/aromatic N) is 3. The fourth-order valence-electron chi connectivity index (χ4n) is 1.79. The van der Waals surface area contributed by atoms with Crippen molar-refractivity contribution in [3.8, 4) is 0 Å². The van der Waals surface area contributed by atoms with Gasteiger partial charge in [-0.3, -0.25) is 0 Å². The van der Waals surface area contributed by atoms with E-state index in [9.17, 15) is 0 Å². The summed E-state index contributed by atoms with van der Waals surface area (Å²) >= 11 is 7.77. The Hall–Kier alpha value is -1.59. The van der Waals surface area contributed by atoms with Gasteiger partial charge in [-0.15, -0.1) is 11.3 Å². The predicted molar refractivity (Wildman–Crippen MR) is 70.4 cm³/mol. The number of nitrogens with two attached hydrogens (primary N) is 1. The molecule has 2 N–H and O–H groups in total. The van der Waals surface area contributed by atoms with Gasteiger partial charge < -0.3 is 10.3 Å². The van der Waals surface area contributed by atoms with Gasteiger partial charge in [0.1, 0.15) is 5.01 Å². The van der Waals surface area contributed by atoms with Crippen molar-refractivity contribution in [2.45, 2.75) is 6.54 Å². The summed E-state index contributed by atoms with van der Waals surface area (Å²) in [5, 5.41) is 3.57. The lowest BCUT2D eigenvalue weighted by Gasteiger charge is -2.04. The molecular weight excluding hydrogens is 256 g/mol. The molecule has 6 heteroatoms. The standard InChI is InChI=1S/C11H9ClN4S/c12-7-2-1-3-8-10(7)16(11(13)15-8)6-9-14-4-5-17-9/h1-5H,6H2,(H2,13,15). The Labute approximate surface area is 107 Å². The Morgan fingerprint density at radius 1 is 1.41 bits per heavy atom. The highest BCUT2D eigenvalue weighted by Gasteiger charge is 2.12.